The van der Waals surface area contributed by atoms with Crippen LogP contribution in [-0.2, 0) is 11.3 Å². The zero-order chi connectivity index (χ0) is 14.4. The quantitative estimate of drug-likeness (QED) is 0.703. The SMILES string of the molecule is Cc1cccc(CNC2CC2)c1OCCOCC(C)C. The molecule has 0 amide bonds. The van der Waals surface area contributed by atoms with Gasteiger partial charge in [0.2, 0.25) is 0 Å². The molecule has 0 unspecified atom stereocenters. The van der Waals surface area contributed by atoms with E-state index in [1.807, 2.05) is 0 Å². The zero-order valence-corrected chi connectivity index (χ0v) is 12.9. The first-order valence-corrected chi connectivity index (χ1v) is 7.69. The van der Waals surface area contributed by atoms with Gasteiger partial charge in [0, 0.05) is 24.8 Å². The second-order valence-corrected chi connectivity index (χ2v) is 6.04. The van der Waals surface area contributed by atoms with Gasteiger partial charge in [0.25, 0.3) is 0 Å². The molecule has 3 nitrogen and oxygen atoms in total. The molecule has 1 N–H and O–H groups in total. The van der Waals surface area contributed by atoms with Crippen molar-refractivity contribution in [2.24, 2.45) is 5.92 Å². The normalized spacial score (nSPS) is 14.8. The summed E-state index contributed by atoms with van der Waals surface area (Å²) in [4.78, 5) is 0. The second-order valence-electron chi connectivity index (χ2n) is 6.04. The van der Waals surface area contributed by atoms with E-state index in [1.165, 1.54) is 24.0 Å². The monoisotopic (exact) mass is 277 g/mol. The van der Waals surface area contributed by atoms with E-state index in [0.29, 0.717) is 19.1 Å². The van der Waals surface area contributed by atoms with E-state index in [2.05, 4.69) is 44.3 Å². The minimum Gasteiger partial charge on any atom is -0.491 e. The highest BCUT2D eigenvalue weighted by Gasteiger charge is 2.20. The molecule has 1 aromatic rings. The van der Waals surface area contributed by atoms with Crippen LogP contribution in [0.1, 0.15) is 37.8 Å². The number of hydrogen-bond donors (Lipinski definition) is 1. The van der Waals surface area contributed by atoms with Crippen molar-refractivity contribution in [1.82, 2.24) is 5.32 Å². The van der Waals surface area contributed by atoms with E-state index in [4.69, 9.17) is 9.47 Å². The van der Waals surface area contributed by atoms with Crippen LogP contribution < -0.4 is 10.1 Å². The molecule has 1 saturated carbocycles. The Labute approximate surface area is 122 Å². The molecule has 2 rings (SSSR count). The third-order valence-electron chi connectivity index (χ3n) is 3.38. The van der Waals surface area contributed by atoms with E-state index >= 15 is 0 Å². The first-order valence-electron chi connectivity index (χ1n) is 7.69. The fourth-order valence-corrected chi connectivity index (χ4v) is 2.12. The van der Waals surface area contributed by atoms with E-state index < -0.39 is 0 Å². The van der Waals surface area contributed by atoms with Crippen LogP contribution in [0.3, 0.4) is 0 Å². The van der Waals surface area contributed by atoms with Gasteiger partial charge in [-0.25, -0.2) is 0 Å². The van der Waals surface area contributed by atoms with Gasteiger partial charge in [0.05, 0.1) is 6.61 Å². The Hall–Kier alpha value is -1.06. The Kier molecular flexibility index (Phi) is 5.86. The molecule has 112 valence electrons. The number of nitrogens with one attached hydrogen (secondary N) is 1. The molecule has 1 aliphatic carbocycles. The number of para-hydroxylation sites is 1. The molecule has 1 aromatic carbocycles. The van der Waals surface area contributed by atoms with Crippen LogP contribution in [0.15, 0.2) is 18.2 Å². The van der Waals surface area contributed by atoms with Gasteiger partial charge in [-0.1, -0.05) is 32.0 Å². The maximum absolute atomic E-state index is 5.94. The highest BCUT2D eigenvalue weighted by atomic mass is 16.5. The van der Waals surface area contributed by atoms with Gasteiger partial charge in [-0.3, -0.25) is 0 Å². The summed E-state index contributed by atoms with van der Waals surface area (Å²) in [5.74, 6) is 1.60. The molecule has 1 fully saturated rings. The van der Waals surface area contributed by atoms with Crippen LogP contribution >= 0.6 is 0 Å². The number of aryl methyl sites for hydroxylation is 1. The first-order chi connectivity index (χ1) is 9.66. The molecule has 0 aliphatic heterocycles. The highest BCUT2D eigenvalue weighted by molar-refractivity contribution is 5.40. The average Bonchev–Trinajstić information content (AvgIpc) is 3.22. The van der Waals surface area contributed by atoms with Gasteiger partial charge in [-0.15, -0.1) is 0 Å². The first kappa shape index (κ1) is 15.3. The van der Waals surface area contributed by atoms with E-state index in [9.17, 15) is 0 Å². The van der Waals surface area contributed by atoms with Crippen molar-refractivity contribution in [1.29, 1.82) is 0 Å². The maximum Gasteiger partial charge on any atom is 0.126 e. The summed E-state index contributed by atoms with van der Waals surface area (Å²) in [6.45, 7) is 9.39. The predicted molar refractivity (Wildman–Crippen MR) is 82.2 cm³/mol. The molecule has 0 atom stereocenters. The number of benzene rings is 1. The second kappa shape index (κ2) is 7.65. The number of hydrogen-bond acceptors (Lipinski definition) is 3. The molecular weight excluding hydrogens is 250 g/mol. The summed E-state index contributed by atoms with van der Waals surface area (Å²) in [5.41, 5.74) is 2.45. The van der Waals surface area contributed by atoms with Crippen LogP contribution in [0.5, 0.6) is 5.75 Å². The summed E-state index contributed by atoms with van der Waals surface area (Å²) < 4.78 is 11.5. The van der Waals surface area contributed by atoms with Gasteiger partial charge in [0.1, 0.15) is 12.4 Å². The van der Waals surface area contributed by atoms with Crippen molar-refractivity contribution < 1.29 is 9.47 Å². The molecule has 0 aromatic heterocycles. The molecule has 0 saturated heterocycles. The van der Waals surface area contributed by atoms with Gasteiger partial charge < -0.3 is 14.8 Å². The summed E-state index contributed by atoms with van der Waals surface area (Å²) in [6, 6.07) is 7.07. The number of ether oxygens (including phenoxy) is 2. The number of rotatable bonds is 9. The molecule has 0 radical (unpaired) electrons. The maximum atomic E-state index is 5.94. The van der Waals surface area contributed by atoms with Gasteiger partial charge in [0.15, 0.2) is 0 Å². The minimum atomic E-state index is 0.576. The van der Waals surface area contributed by atoms with E-state index in [1.54, 1.807) is 0 Å². The Morgan fingerprint density at radius 2 is 2.05 bits per heavy atom. The molecule has 0 bridgehead atoms. The lowest BCUT2D eigenvalue weighted by Gasteiger charge is -2.15. The van der Waals surface area contributed by atoms with Crippen LogP contribution in [-0.4, -0.2) is 25.9 Å². The lowest BCUT2D eigenvalue weighted by atomic mass is 10.1. The van der Waals surface area contributed by atoms with Crippen molar-refractivity contribution >= 4 is 0 Å². The third-order valence-corrected chi connectivity index (χ3v) is 3.38. The summed E-state index contributed by atoms with van der Waals surface area (Å²) in [5, 5.41) is 3.55. The van der Waals surface area contributed by atoms with Crippen LogP contribution in [0.2, 0.25) is 0 Å². The molecule has 20 heavy (non-hydrogen) atoms. The Morgan fingerprint density at radius 1 is 1.25 bits per heavy atom. The summed E-state index contributed by atoms with van der Waals surface area (Å²) in [6.07, 6.45) is 2.62. The summed E-state index contributed by atoms with van der Waals surface area (Å²) >= 11 is 0. The van der Waals surface area contributed by atoms with Crippen LogP contribution in [0, 0.1) is 12.8 Å². The molecular formula is C17H27NO2. The predicted octanol–water partition coefficient (Wildman–Crippen LogP) is 3.30. The van der Waals surface area contributed by atoms with Gasteiger partial charge >= 0.3 is 0 Å². The largest absolute Gasteiger partial charge is 0.491 e. The summed E-state index contributed by atoms with van der Waals surface area (Å²) in [7, 11) is 0. The lowest BCUT2D eigenvalue weighted by Crippen LogP contribution is -2.17. The van der Waals surface area contributed by atoms with Crippen molar-refractivity contribution in [2.75, 3.05) is 19.8 Å². The molecule has 0 heterocycles. The van der Waals surface area contributed by atoms with Gasteiger partial charge in [-0.2, -0.15) is 0 Å². The van der Waals surface area contributed by atoms with E-state index in [-0.39, 0.29) is 0 Å². The third kappa shape index (κ3) is 5.14. The van der Waals surface area contributed by atoms with E-state index in [0.717, 1.165) is 24.9 Å². The fourth-order valence-electron chi connectivity index (χ4n) is 2.12. The molecule has 1 aliphatic rings. The lowest BCUT2D eigenvalue weighted by molar-refractivity contribution is 0.0814. The van der Waals surface area contributed by atoms with Crippen molar-refractivity contribution in [3.63, 3.8) is 0 Å². The highest BCUT2D eigenvalue weighted by Crippen LogP contribution is 2.25. The fraction of sp³-hybridized carbons (Fsp3) is 0.647. The molecule has 0 spiro atoms. The Balaban J connectivity index is 1.81. The van der Waals surface area contributed by atoms with Crippen LogP contribution in [0.25, 0.3) is 0 Å². The smallest absolute Gasteiger partial charge is 0.126 e. The van der Waals surface area contributed by atoms with Crippen LogP contribution in [0.4, 0.5) is 0 Å². The van der Waals surface area contributed by atoms with Crippen molar-refractivity contribution in [2.45, 2.75) is 46.2 Å². The minimum absolute atomic E-state index is 0.576. The Bertz CT molecular complexity index is 413. The zero-order valence-electron chi connectivity index (χ0n) is 12.9. The topological polar surface area (TPSA) is 30.5 Å². The van der Waals surface area contributed by atoms with Gasteiger partial charge in [-0.05, 0) is 31.2 Å². The van der Waals surface area contributed by atoms with Crippen molar-refractivity contribution in [3.8, 4) is 5.75 Å². The standard InChI is InChI=1S/C17H27NO2/c1-13(2)12-19-9-10-20-17-14(3)5-4-6-15(17)11-18-16-7-8-16/h4-6,13,16,18H,7-12H2,1-3H3. The molecule has 3 heteroatoms. The Morgan fingerprint density at radius 3 is 2.75 bits per heavy atom. The average molecular weight is 277 g/mol. The van der Waals surface area contributed by atoms with Crippen molar-refractivity contribution in [3.05, 3.63) is 29.3 Å².